The Morgan fingerprint density at radius 2 is 1.58 bits per heavy atom. The van der Waals surface area contributed by atoms with Gasteiger partial charge in [0.1, 0.15) is 12.0 Å². The van der Waals surface area contributed by atoms with Gasteiger partial charge >= 0.3 is 0 Å². The Kier molecular flexibility index (Phi) is 4.14. The minimum Gasteiger partial charge on any atom is -0.393 e. The molecule has 26 heavy (non-hydrogen) atoms. The van der Waals surface area contributed by atoms with E-state index in [1.54, 1.807) is 11.3 Å². The molecule has 4 N–H and O–H groups in total. The highest BCUT2D eigenvalue weighted by Gasteiger charge is 2.11. The molecule has 4 aromatic rings. The van der Waals surface area contributed by atoms with Crippen LogP contribution in [0.15, 0.2) is 48.8 Å². The molecule has 0 fully saturated rings. The van der Waals surface area contributed by atoms with Gasteiger partial charge in [-0.15, -0.1) is 0 Å². The van der Waals surface area contributed by atoms with Gasteiger partial charge in [0.2, 0.25) is 0 Å². The molecular weight excluding hydrogens is 344 g/mol. The lowest BCUT2D eigenvalue weighted by Crippen LogP contribution is -2.05. The minimum atomic E-state index is 0.448. The van der Waals surface area contributed by atoms with E-state index in [1.165, 1.54) is 17.5 Å². The lowest BCUT2D eigenvalue weighted by molar-refractivity contribution is 1.17. The molecule has 7 heteroatoms. The van der Waals surface area contributed by atoms with Gasteiger partial charge in [-0.05, 0) is 43.7 Å². The fraction of sp³-hybridized carbons (Fsp3) is 0.105. The van der Waals surface area contributed by atoms with Crippen molar-refractivity contribution < 1.29 is 0 Å². The maximum Gasteiger partial charge on any atom is 0.189 e. The lowest BCUT2D eigenvalue weighted by Gasteiger charge is -2.11. The van der Waals surface area contributed by atoms with Crippen molar-refractivity contribution >= 4 is 49.7 Å². The highest BCUT2D eigenvalue weighted by molar-refractivity contribution is 7.22. The molecule has 0 saturated carbocycles. The maximum absolute atomic E-state index is 6.25. The number of thiazole rings is 1. The van der Waals surface area contributed by atoms with E-state index in [9.17, 15) is 0 Å². The minimum absolute atomic E-state index is 0.448. The molecule has 2 aromatic heterocycles. The summed E-state index contributed by atoms with van der Waals surface area (Å²) >= 11 is 1.57. The zero-order valence-corrected chi connectivity index (χ0v) is 15.3. The van der Waals surface area contributed by atoms with Crippen molar-refractivity contribution in [2.75, 3.05) is 16.4 Å². The first-order valence-electron chi connectivity index (χ1n) is 8.17. The molecule has 0 unspecified atom stereocenters. The number of hydrogen-bond acceptors (Lipinski definition) is 7. The van der Waals surface area contributed by atoms with E-state index in [1.807, 2.05) is 37.3 Å². The predicted molar refractivity (Wildman–Crippen MR) is 109 cm³/mol. The van der Waals surface area contributed by atoms with E-state index in [-0.39, 0.29) is 0 Å². The van der Waals surface area contributed by atoms with E-state index < -0.39 is 0 Å². The van der Waals surface area contributed by atoms with Gasteiger partial charge in [0.05, 0.1) is 10.2 Å². The van der Waals surface area contributed by atoms with Gasteiger partial charge in [-0.25, -0.2) is 15.0 Å². The van der Waals surface area contributed by atoms with Crippen molar-refractivity contribution in [2.45, 2.75) is 13.8 Å². The van der Waals surface area contributed by atoms with Crippen molar-refractivity contribution in [2.24, 2.45) is 0 Å². The van der Waals surface area contributed by atoms with E-state index in [0.29, 0.717) is 17.3 Å². The second-order valence-corrected chi connectivity index (χ2v) is 7.12. The van der Waals surface area contributed by atoms with Crippen molar-refractivity contribution in [1.29, 1.82) is 0 Å². The first kappa shape index (κ1) is 16.3. The number of nitrogens with two attached hydrogens (primary N) is 1. The van der Waals surface area contributed by atoms with E-state index >= 15 is 0 Å². The summed E-state index contributed by atoms with van der Waals surface area (Å²) in [5.74, 6) is 1.09. The van der Waals surface area contributed by atoms with Crippen LogP contribution in [0, 0.1) is 13.8 Å². The Labute approximate surface area is 155 Å². The van der Waals surface area contributed by atoms with Crippen LogP contribution in [0.4, 0.5) is 28.1 Å². The first-order valence-corrected chi connectivity index (χ1v) is 8.98. The Hall–Kier alpha value is -3.19. The van der Waals surface area contributed by atoms with Crippen LogP contribution in [-0.2, 0) is 0 Å². The van der Waals surface area contributed by atoms with Gasteiger partial charge in [0.15, 0.2) is 16.8 Å². The smallest absolute Gasteiger partial charge is 0.189 e. The topological polar surface area (TPSA) is 88.8 Å². The number of aryl methyl sites for hydroxylation is 2. The molecule has 4 rings (SSSR count). The van der Waals surface area contributed by atoms with Gasteiger partial charge in [-0.3, -0.25) is 0 Å². The summed E-state index contributed by atoms with van der Waals surface area (Å²) in [4.78, 5) is 13.1. The lowest BCUT2D eigenvalue weighted by atomic mass is 10.2. The fourth-order valence-electron chi connectivity index (χ4n) is 2.55. The van der Waals surface area contributed by atoms with E-state index in [2.05, 4.69) is 44.6 Å². The molecular formula is C19H18N6S. The number of nitrogen functional groups attached to an aromatic ring is 1. The number of rotatable bonds is 4. The maximum atomic E-state index is 6.25. The van der Waals surface area contributed by atoms with Crippen LogP contribution >= 0.6 is 11.3 Å². The van der Waals surface area contributed by atoms with Gasteiger partial charge in [0, 0.05) is 5.69 Å². The third-order valence-electron chi connectivity index (χ3n) is 3.97. The molecule has 2 aromatic carbocycles. The van der Waals surface area contributed by atoms with E-state index in [0.717, 1.165) is 21.0 Å². The molecule has 0 aliphatic heterocycles. The standard InChI is InChI=1S/C19H18N6S/c1-11-3-6-13(7-4-11)23-17-16(20)18(22-10-21-17)25-19-24-14-8-5-12(2)9-15(14)26-19/h3-10H,20H2,1-2H3,(H2,21,22,23,24,25). The molecule has 0 aliphatic carbocycles. The average Bonchev–Trinajstić information content (AvgIpc) is 3.02. The molecule has 0 radical (unpaired) electrons. The third-order valence-corrected chi connectivity index (χ3v) is 4.90. The summed E-state index contributed by atoms with van der Waals surface area (Å²) in [6, 6.07) is 14.2. The second-order valence-electron chi connectivity index (χ2n) is 6.09. The summed E-state index contributed by atoms with van der Waals surface area (Å²) in [6.07, 6.45) is 1.48. The summed E-state index contributed by atoms with van der Waals surface area (Å²) in [5, 5.41) is 7.18. The molecule has 0 bridgehead atoms. The Balaban J connectivity index is 1.61. The predicted octanol–water partition coefficient (Wildman–Crippen LogP) is 4.77. The largest absolute Gasteiger partial charge is 0.393 e. The molecule has 0 spiro atoms. The van der Waals surface area contributed by atoms with Crippen LogP contribution in [0.1, 0.15) is 11.1 Å². The number of hydrogen-bond donors (Lipinski definition) is 3. The molecule has 0 atom stereocenters. The normalized spacial score (nSPS) is 10.8. The van der Waals surface area contributed by atoms with Crippen LogP contribution in [0.2, 0.25) is 0 Å². The van der Waals surface area contributed by atoms with Gasteiger partial charge in [-0.1, -0.05) is 35.1 Å². The summed E-state index contributed by atoms with van der Waals surface area (Å²) < 4.78 is 1.12. The van der Waals surface area contributed by atoms with Crippen molar-refractivity contribution in [3.63, 3.8) is 0 Å². The van der Waals surface area contributed by atoms with Crippen LogP contribution < -0.4 is 16.4 Å². The number of nitrogens with zero attached hydrogens (tertiary/aromatic N) is 3. The molecule has 0 saturated heterocycles. The van der Waals surface area contributed by atoms with Crippen LogP contribution in [0.5, 0.6) is 0 Å². The SMILES string of the molecule is Cc1ccc(Nc2ncnc(Nc3nc4ccc(C)cc4s3)c2N)cc1. The number of fused-ring (bicyclic) bond motifs is 1. The quantitative estimate of drug-likeness (QED) is 0.484. The summed E-state index contributed by atoms with van der Waals surface area (Å²) in [5.41, 5.74) is 11.0. The molecule has 0 aliphatic rings. The number of anilines is 5. The Morgan fingerprint density at radius 3 is 2.35 bits per heavy atom. The first-order chi connectivity index (χ1) is 12.6. The van der Waals surface area contributed by atoms with Gasteiger partial charge < -0.3 is 16.4 Å². The zero-order valence-electron chi connectivity index (χ0n) is 14.4. The molecule has 6 nitrogen and oxygen atoms in total. The van der Waals surface area contributed by atoms with Crippen molar-refractivity contribution in [3.05, 3.63) is 59.9 Å². The number of benzene rings is 2. The van der Waals surface area contributed by atoms with Gasteiger partial charge in [-0.2, -0.15) is 0 Å². The Morgan fingerprint density at radius 1 is 0.885 bits per heavy atom. The number of aromatic nitrogens is 3. The second kappa shape index (κ2) is 6.61. The highest BCUT2D eigenvalue weighted by atomic mass is 32.1. The Bertz CT molecular complexity index is 1070. The number of nitrogens with one attached hydrogen (secondary N) is 2. The van der Waals surface area contributed by atoms with Crippen LogP contribution in [0.25, 0.3) is 10.2 Å². The molecule has 2 heterocycles. The van der Waals surface area contributed by atoms with Crippen LogP contribution in [0.3, 0.4) is 0 Å². The highest BCUT2D eigenvalue weighted by Crippen LogP contribution is 2.32. The van der Waals surface area contributed by atoms with E-state index in [4.69, 9.17) is 5.73 Å². The van der Waals surface area contributed by atoms with Crippen molar-refractivity contribution in [1.82, 2.24) is 15.0 Å². The fourth-order valence-corrected chi connectivity index (χ4v) is 3.52. The zero-order chi connectivity index (χ0) is 18.1. The average molecular weight is 362 g/mol. The molecule has 0 amide bonds. The monoisotopic (exact) mass is 362 g/mol. The van der Waals surface area contributed by atoms with Crippen LogP contribution in [-0.4, -0.2) is 15.0 Å². The third kappa shape index (κ3) is 3.29. The summed E-state index contributed by atoms with van der Waals surface area (Å²) in [7, 11) is 0. The van der Waals surface area contributed by atoms with Gasteiger partial charge in [0.25, 0.3) is 0 Å². The van der Waals surface area contributed by atoms with Crippen molar-refractivity contribution in [3.8, 4) is 0 Å². The molecule has 130 valence electrons. The summed E-state index contributed by atoms with van der Waals surface area (Å²) in [6.45, 7) is 4.11.